The van der Waals surface area contributed by atoms with Crippen LogP contribution < -0.4 is 5.32 Å². The van der Waals surface area contributed by atoms with E-state index in [0.717, 1.165) is 24.7 Å². The van der Waals surface area contributed by atoms with Crippen molar-refractivity contribution in [3.05, 3.63) is 34.9 Å². The Balaban J connectivity index is 1.88. The van der Waals surface area contributed by atoms with Crippen LogP contribution in [0.25, 0.3) is 0 Å². The summed E-state index contributed by atoms with van der Waals surface area (Å²) >= 11 is 6.50. The highest BCUT2D eigenvalue weighted by molar-refractivity contribution is 6.31. The number of hydrogen-bond donors (Lipinski definition) is 1. The van der Waals surface area contributed by atoms with Crippen LogP contribution in [0.5, 0.6) is 0 Å². The second-order valence-corrected chi connectivity index (χ2v) is 7.03. The maximum absolute atomic E-state index is 6.50. The molecular formula is C18H26ClNO. The standard InChI is InChI=1S/C18H26ClNO/c1-2-5-14-12-18(9-11-21-14)8-10-20-13-16(18)15-6-3-4-7-17(15)19/h3-4,6-7,14,16,20H,2,5,8-13H2,1H3. The molecule has 0 bridgehead atoms. The molecule has 0 aliphatic carbocycles. The quantitative estimate of drug-likeness (QED) is 0.894. The van der Waals surface area contributed by atoms with Gasteiger partial charge in [0.1, 0.15) is 0 Å². The summed E-state index contributed by atoms with van der Waals surface area (Å²) in [6, 6.07) is 8.39. The van der Waals surface area contributed by atoms with Gasteiger partial charge in [-0.15, -0.1) is 0 Å². The lowest BCUT2D eigenvalue weighted by molar-refractivity contribution is -0.0711. The third kappa shape index (κ3) is 3.13. The monoisotopic (exact) mass is 307 g/mol. The first-order valence-electron chi connectivity index (χ1n) is 8.32. The Morgan fingerprint density at radius 1 is 1.33 bits per heavy atom. The van der Waals surface area contributed by atoms with Gasteiger partial charge in [0.2, 0.25) is 0 Å². The Morgan fingerprint density at radius 3 is 3.00 bits per heavy atom. The van der Waals surface area contributed by atoms with Gasteiger partial charge in [-0.3, -0.25) is 0 Å². The lowest BCUT2D eigenvalue weighted by Crippen LogP contribution is -2.48. The molecule has 2 fully saturated rings. The molecule has 2 nitrogen and oxygen atoms in total. The van der Waals surface area contributed by atoms with Crippen LogP contribution in [0.1, 0.15) is 50.5 Å². The Bertz CT molecular complexity index is 472. The van der Waals surface area contributed by atoms with Crippen LogP contribution in [-0.4, -0.2) is 25.8 Å². The largest absolute Gasteiger partial charge is 0.378 e. The van der Waals surface area contributed by atoms with Crippen molar-refractivity contribution in [2.24, 2.45) is 5.41 Å². The third-order valence-electron chi connectivity index (χ3n) is 5.37. The number of nitrogens with one attached hydrogen (secondary N) is 1. The van der Waals surface area contributed by atoms with Crippen molar-refractivity contribution in [2.75, 3.05) is 19.7 Å². The zero-order valence-electron chi connectivity index (χ0n) is 12.9. The predicted molar refractivity (Wildman–Crippen MR) is 88.0 cm³/mol. The lowest BCUT2D eigenvalue weighted by Gasteiger charge is -2.49. The fraction of sp³-hybridized carbons (Fsp3) is 0.667. The topological polar surface area (TPSA) is 21.3 Å². The van der Waals surface area contributed by atoms with E-state index in [-0.39, 0.29) is 0 Å². The SMILES string of the molecule is CCCC1CC2(CCNCC2c2ccccc2Cl)CCO1. The lowest BCUT2D eigenvalue weighted by atomic mass is 9.62. The second kappa shape index (κ2) is 6.68. The third-order valence-corrected chi connectivity index (χ3v) is 5.71. The van der Waals surface area contributed by atoms with E-state index in [1.807, 2.05) is 12.1 Å². The molecule has 0 saturated carbocycles. The molecule has 116 valence electrons. The molecule has 0 amide bonds. The fourth-order valence-electron chi connectivity index (χ4n) is 4.27. The van der Waals surface area contributed by atoms with Crippen molar-refractivity contribution in [2.45, 2.75) is 51.0 Å². The van der Waals surface area contributed by atoms with E-state index in [4.69, 9.17) is 16.3 Å². The van der Waals surface area contributed by atoms with E-state index in [1.54, 1.807) is 0 Å². The van der Waals surface area contributed by atoms with Crippen LogP contribution in [-0.2, 0) is 4.74 Å². The van der Waals surface area contributed by atoms with Crippen LogP contribution in [0.4, 0.5) is 0 Å². The maximum atomic E-state index is 6.50. The molecule has 1 aromatic carbocycles. The first-order valence-corrected chi connectivity index (χ1v) is 8.70. The van der Waals surface area contributed by atoms with Gasteiger partial charge < -0.3 is 10.1 Å². The first-order chi connectivity index (χ1) is 10.2. The average Bonchev–Trinajstić information content (AvgIpc) is 2.49. The van der Waals surface area contributed by atoms with Gasteiger partial charge in [-0.25, -0.2) is 0 Å². The summed E-state index contributed by atoms with van der Waals surface area (Å²) in [6.45, 7) is 5.33. The molecule has 1 spiro atoms. The van der Waals surface area contributed by atoms with Crippen LogP contribution in [0.2, 0.25) is 5.02 Å². The summed E-state index contributed by atoms with van der Waals surface area (Å²) in [4.78, 5) is 0. The highest BCUT2D eigenvalue weighted by Gasteiger charge is 2.45. The van der Waals surface area contributed by atoms with E-state index in [0.29, 0.717) is 17.4 Å². The Kier molecular flexibility index (Phi) is 4.88. The maximum Gasteiger partial charge on any atom is 0.0580 e. The molecule has 1 N–H and O–H groups in total. The fourth-order valence-corrected chi connectivity index (χ4v) is 4.53. The van der Waals surface area contributed by atoms with Crippen LogP contribution in [0.15, 0.2) is 24.3 Å². The number of benzene rings is 1. The minimum Gasteiger partial charge on any atom is -0.378 e. The van der Waals surface area contributed by atoms with Crippen molar-refractivity contribution in [1.29, 1.82) is 0 Å². The van der Waals surface area contributed by atoms with Crippen LogP contribution >= 0.6 is 11.6 Å². The van der Waals surface area contributed by atoms with Gasteiger partial charge in [0.05, 0.1) is 6.10 Å². The summed E-state index contributed by atoms with van der Waals surface area (Å²) in [5.41, 5.74) is 1.69. The minimum atomic E-state index is 0.369. The van der Waals surface area contributed by atoms with Crippen molar-refractivity contribution >= 4 is 11.6 Å². The van der Waals surface area contributed by atoms with Crippen LogP contribution in [0.3, 0.4) is 0 Å². The van der Waals surface area contributed by atoms with Gasteiger partial charge in [0, 0.05) is 24.1 Å². The summed E-state index contributed by atoms with van der Waals surface area (Å²) in [6.07, 6.45) is 6.43. The molecule has 2 aliphatic rings. The highest BCUT2D eigenvalue weighted by Crippen LogP contribution is 2.51. The summed E-state index contributed by atoms with van der Waals surface area (Å²) in [7, 11) is 0. The molecule has 2 heterocycles. The summed E-state index contributed by atoms with van der Waals surface area (Å²) < 4.78 is 6.01. The molecule has 2 saturated heterocycles. The van der Waals surface area contributed by atoms with Crippen molar-refractivity contribution in [1.82, 2.24) is 5.32 Å². The number of ether oxygens (including phenoxy) is 1. The Morgan fingerprint density at radius 2 is 2.19 bits per heavy atom. The number of halogens is 1. The van der Waals surface area contributed by atoms with Gasteiger partial charge >= 0.3 is 0 Å². The van der Waals surface area contributed by atoms with Crippen molar-refractivity contribution in [3.63, 3.8) is 0 Å². The molecule has 3 heteroatoms. The molecule has 1 aromatic rings. The van der Waals surface area contributed by atoms with Gasteiger partial charge in [-0.2, -0.15) is 0 Å². The number of piperidine rings is 1. The normalized spacial score (nSPS) is 33.2. The Labute approximate surface area is 133 Å². The van der Waals surface area contributed by atoms with Crippen molar-refractivity contribution in [3.8, 4) is 0 Å². The predicted octanol–water partition coefficient (Wildman–Crippen LogP) is 4.38. The van der Waals surface area contributed by atoms with E-state index in [1.165, 1.54) is 37.7 Å². The van der Waals surface area contributed by atoms with E-state index in [2.05, 4.69) is 24.4 Å². The summed E-state index contributed by atoms with van der Waals surface area (Å²) in [5, 5.41) is 4.50. The molecule has 3 unspecified atom stereocenters. The molecule has 3 rings (SSSR count). The minimum absolute atomic E-state index is 0.369. The smallest absolute Gasteiger partial charge is 0.0580 e. The van der Waals surface area contributed by atoms with Gasteiger partial charge in [-0.1, -0.05) is 43.1 Å². The molecule has 2 aliphatic heterocycles. The van der Waals surface area contributed by atoms with E-state index < -0.39 is 0 Å². The van der Waals surface area contributed by atoms with Crippen molar-refractivity contribution < 1.29 is 4.74 Å². The molecule has 21 heavy (non-hydrogen) atoms. The zero-order valence-corrected chi connectivity index (χ0v) is 13.7. The van der Waals surface area contributed by atoms with Gasteiger partial charge in [-0.05, 0) is 49.3 Å². The average molecular weight is 308 g/mol. The second-order valence-electron chi connectivity index (χ2n) is 6.63. The number of hydrogen-bond acceptors (Lipinski definition) is 2. The molecular weight excluding hydrogens is 282 g/mol. The Hall–Kier alpha value is -0.570. The first kappa shape index (κ1) is 15.3. The van der Waals surface area contributed by atoms with E-state index >= 15 is 0 Å². The summed E-state index contributed by atoms with van der Waals surface area (Å²) in [5.74, 6) is 0.517. The molecule has 0 radical (unpaired) electrons. The van der Waals surface area contributed by atoms with Gasteiger partial charge in [0.25, 0.3) is 0 Å². The molecule has 3 atom stereocenters. The number of rotatable bonds is 3. The highest BCUT2D eigenvalue weighted by atomic mass is 35.5. The van der Waals surface area contributed by atoms with Gasteiger partial charge in [0.15, 0.2) is 0 Å². The zero-order chi connectivity index (χ0) is 14.7. The van der Waals surface area contributed by atoms with Crippen LogP contribution in [0, 0.1) is 5.41 Å². The molecule has 0 aromatic heterocycles. The van der Waals surface area contributed by atoms with E-state index in [9.17, 15) is 0 Å².